The maximum absolute atomic E-state index is 11.8. The highest BCUT2D eigenvalue weighted by Crippen LogP contribution is 2.14. The maximum atomic E-state index is 11.8. The molecule has 0 aliphatic carbocycles. The summed E-state index contributed by atoms with van der Waals surface area (Å²) < 4.78 is 5.12. The minimum Gasteiger partial charge on any atom is -0.469 e. The number of carbonyl (C=O) groups is 1. The number of hydrogen-bond donors (Lipinski definition) is 0. The molecule has 0 unspecified atom stereocenters. The molecule has 2 heteroatoms. The Morgan fingerprint density at radius 3 is 2.50 bits per heavy atom. The lowest BCUT2D eigenvalue weighted by atomic mass is 10.0. The molecule has 0 amide bonds. The molecular formula is C14H22O2. The van der Waals surface area contributed by atoms with Crippen molar-refractivity contribution in [2.75, 3.05) is 0 Å². The molecule has 0 saturated heterocycles. The smallest absolute Gasteiger partial charge is 0.166 e. The third-order valence-corrected chi connectivity index (χ3v) is 2.92. The fraction of sp³-hybridized carbons (Fsp3) is 0.643. The number of hydrogen-bond acceptors (Lipinski definition) is 2. The van der Waals surface area contributed by atoms with Crippen LogP contribution in [-0.2, 0) is 0 Å². The summed E-state index contributed by atoms with van der Waals surface area (Å²) in [5.74, 6) is 0.970. The third kappa shape index (κ3) is 4.21. The van der Waals surface area contributed by atoms with Crippen LogP contribution in [0.1, 0.15) is 68.0 Å². The van der Waals surface area contributed by atoms with Gasteiger partial charge in [-0.05, 0) is 19.4 Å². The fourth-order valence-corrected chi connectivity index (χ4v) is 1.87. The summed E-state index contributed by atoms with van der Waals surface area (Å²) in [6.45, 7) is 4.06. The van der Waals surface area contributed by atoms with Gasteiger partial charge in [0.25, 0.3) is 0 Å². The Hall–Kier alpha value is -1.05. The van der Waals surface area contributed by atoms with E-state index in [0.29, 0.717) is 6.42 Å². The number of ketones is 1. The predicted octanol–water partition coefficient (Wildman–Crippen LogP) is 4.52. The Balaban J connectivity index is 2.14. The highest BCUT2D eigenvalue weighted by molar-refractivity contribution is 5.96. The molecule has 1 aromatic rings. The van der Waals surface area contributed by atoms with Gasteiger partial charge in [0, 0.05) is 6.42 Å². The van der Waals surface area contributed by atoms with Crippen molar-refractivity contribution in [3.8, 4) is 0 Å². The zero-order valence-corrected chi connectivity index (χ0v) is 10.4. The summed E-state index contributed by atoms with van der Waals surface area (Å²) in [6, 6.07) is 1.77. The molecular weight excluding hydrogens is 200 g/mol. The standard InChI is InChI=1S/C14H22O2/c1-3-4-5-6-7-8-9-14(15)13-10-11-16-12(13)2/h10-11H,3-9H2,1-2H3. The van der Waals surface area contributed by atoms with Crippen LogP contribution >= 0.6 is 0 Å². The van der Waals surface area contributed by atoms with Gasteiger partial charge in [-0.25, -0.2) is 0 Å². The van der Waals surface area contributed by atoms with Gasteiger partial charge in [0.2, 0.25) is 0 Å². The van der Waals surface area contributed by atoms with Gasteiger partial charge in [-0.2, -0.15) is 0 Å². The summed E-state index contributed by atoms with van der Waals surface area (Å²) >= 11 is 0. The van der Waals surface area contributed by atoms with E-state index in [4.69, 9.17) is 4.42 Å². The molecule has 0 radical (unpaired) electrons. The minimum atomic E-state index is 0.224. The highest BCUT2D eigenvalue weighted by atomic mass is 16.3. The predicted molar refractivity (Wildman–Crippen MR) is 65.8 cm³/mol. The van der Waals surface area contributed by atoms with E-state index in [1.54, 1.807) is 12.3 Å². The van der Waals surface area contributed by atoms with Gasteiger partial charge in [0.15, 0.2) is 5.78 Å². The average molecular weight is 222 g/mol. The van der Waals surface area contributed by atoms with Gasteiger partial charge in [0.05, 0.1) is 11.8 Å². The van der Waals surface area contributed by atoms with Crippen molar-refractivity contribution in [3.05, 3.63) is 23.7 Å². The molecule has 0 aliphatic heterocycles. The first-order valence-electron chi connectivity index (χ1n) is 6.33. The molecule has 0 aromatic carbocycles. The van der Waals surface area contributed by atoms with Gasteiger partial charge in [-0.1, -0.05) is 39.0 Å². The molecule has 1 aromatic heterocycles. The molecule has 0 atom stereocenters. The van der Waals surface area contributed by atoms with E-state index >= 15 is 0 Å². The Bertz CT molecular complexity index is 312. The number of Topliss-reactive ketones (excluding diaryl/α,β-unsaturated/α-hetero) is 1. The molecule has 0 spiro atoms. The quantitative estimate of drug-likeness (QED) is 0.478. The van der Waals surface area contributed by atoms with E-state index in [1.807, 2.05) is 6.92 Å². The van der Waals surface area contributed by atoms with Crippen molar-refractivity contribution in [1.82, 2.24) is 0 Å². The van der Waals surface area contributed by atoms with E-state index in [-0.39, 0.29) is 5.78 Å². The summed E-state index contributed by atoms with van der Waals surface area (Å²) in [5, 5.41) is 0. The second-order valence-corrected chi connectivity index (χ2v) is 4.33. The topological polar surface area (TPSA) is 30.2 Å². The SMILES string of the molecule is CCCCCCCCC(=O)c1ccoc1C. The van der Waals surface area contributed by atoms with Crippen LogP contribution in [0, 0.1) is 6.92 Å². The molecule has 90 valence electrons. The average Bonchev–Trinajstić information content (AvgIpc) is 2.69. The van der Waals surface area contributed by atoms with Crippen LogP contribution in [0.5, 0.6) is 0 Å². The van der Waals surface area contributed by atoms with Crippen LogP contribution < -0.4 is 0 Å². The molecule has 0 aliphatic rings. The highest BCUT2D eigenvalue weighted by Gasteiger charge is 2.10. The van der Waals surface area contributed by atoms with Gasteiger partial charge in [0.1, 0.15) is 5.76 Å². The van der Waals surface area contributed by atoms with Crippen molar-refractivity contribution in [2.45, 2.75) is 58.8 Å². The van der Waals surface area contributed by atoms with E-state index in [0.717, 1.165) is 17.7 Å². The van der Waals surface area contributed by atoms with E-state index < -0.39 is 0 Å². The lowest BCUT2D eigenvalue weighted by Crippen LogP contribution is -1.98. The van der Waals surface area contributed by atoms with Crippen molar-refractivity contribution in [3.63, 3.8) is 0 Å². The van der Waals surface area contributed by atoms with Crippen LogP contribution in [0.2, 0.25) is 0 Å². The number of aryl methyl sites for hydroxylation is 1. The zero-order chi connectivity index (χ0) is 11.8. The number of carbonyl (C=O) groups excluding carboxylic acids is 1. The minimum absolute atomic E-state index is 0.224. The molecule has 2 nitrogen and oxygen atoms in total. The van der Waals surface area contributed by atoms with Crippen LogP contribution in [0.25, 0.3) is 0 Å². The molecule has 0 N–H and O–H groups in total. The zero-order valence-electron chi connectivity index (χ0n) is 10.4. The van der Waals surface area contributed by atoms with E-state index in [9.17, 15) is 4.79 Å². The Morgan fingerprint density at radius 1 is 1.19 bits per heavy atom. The maximum Gasteiger partial charge on any atom is 0.166 e. The van der Waals surface area contributed by atoms with Crippen molar-refractivity contribution in [1.29, 1.82) is 0 Å². The molecule has 0 saturated carbocycles. The molecule has 1 rings (SSSR count). The lowest BCUT2D eigenvalue weighted by molar-refractivity contribution is 0.0977. The number of furan rings is 1. The summed E-state index contributed by atoms with van der Waals surface area (Å²) in [6.07, 6.45) is 9.56. The molecule has 1 heterocycles. The van der Waals surface area contributed by atoms with Crippen molar-refractivity contribution >= 4 is 5.78 Å². The van der Waals surface area contributed by atoms with Crippen LogP contribution in [0.15, 0.2) is 16.7 Å². The van der Waals surface area contributed by atoms with Gasteiger partial charge in [-0.15, -0.1) is 0 Å². The molecule has 0 bridgehead atoms. The fourth-order valence-electron chi connectivity index (χ4n) is 1.87. The van der Waals surface area contributed by atoms with Crippen molar-refractivity contribution < 1.29 is 9.21 Å². The lowest BCUT2D eigenvalue weighted by Gasteiger charge is -2.00. The molecule has 0 fully saturated rings. The normalized spacial score (nSPS) is 10.6. The summed E-state index contributed by atoms with van der Waals surface area (Å²) in [7, 11) is 0. The van der Waals surface area contributed by atoms with Gasteiger partial charge < -0.3 is 4.42 Å². The largest absolute Gasteiger partial charge is 0.469 e. The number of unbranched alkanes of at least 4 members (excludes halogenated alkanes) is 5. The van der Waals surface area contributed by atoms with Gasteiger partial charge in [-0.3, -0.25) is 4.79 Å². The second-order valence-electron chi connectivity index (χ2n) is 4.33. The Morgan fingerprint density at radius 2 is 1.88 bits per heavy atom. The van der Waals surface area contributed by atoms with E-state index in [2.05, 4.69) is 6.92 Å². The van der Waals surface area contributed by atoms with Crippen molar-refractivity contribution in [2.24, 2.45) is 0 Å². The third-order valence-electron chi connectivity index (χ3n) is 2.92. The Kier molecular flexibility index (Phi) is 5.91. The summed E-state index contributed by atoms with van der Waals surface area (Å²) in [4.78, 5) is 11.8. The monoisotopic (exact) mass is 222 g/mol. The first kappa shape index (κ1) is 13.0. The van der Waals surface area contributed by atoms with Crippen LogP contribution in [0.4, 0.5) is 0 Å². The van der Waals surface area contributed by atoms with E-state index in [1.165, 1.54) is 32.1 Å². The second kappa shape index (κ2) is 7.26. The Labute approximate surface area is 98.0 Å². The van der Waals surface area contributed by atoms with Crippen LogP contribution in [-0.4, -0.2) is 5.78 Å². The molecule has 16 heavy (non-hydrogen) atoms. The van der Waals surface area contributed by atoms with Crippen LogP contribution in [0.3, 0.4) is 0 Å². The first-order valence-corrected chi connectivity index (χ1v) is 6.33. The van der Waals surface area contributed by atoms with Gasteiger partial charge >= 0.3 is 0 Å². The first-order chi connectivity index (χ1) is 7.75. The summed E-state index contributed by atoms with van der Waals surface area (Å²) in [5.41, 5.74) is 0.758. The number of rotatable bonds is 8.